The average molecular weight is 394 g/mol. The molecule has 1 aromatic heterocycles. The van der Waals surface area contributed by atoms with Gasteiger partial charge in [0.2, 0.25) is 0 Å². The third-order valence-corrected chi connectivity index (χ3v) is 5.04. The molecule has 1 saturated heterocycles. The molecule has 0 aliphatic carbocycles. The van der Waals surface area contributed by atoms with Crippen LogP contribution in [0.1, 0.15) is 25.6 Å². The summed E-state index contributed by atoms with van der Waals surface area (Å²) in [7, 11) is 0. The molecule has 24 heavy (non-hydrogen) atoms. The summed E-state index contributed by atoms with van der Waals surface area (Å²) in [6.45, 7) is 3.54. The molecule has 1 fully saturated rings. The number of hydrogen-bond donors (Lipinski definition) is 1. The van der Waals surface area contributed by atoms with Crippen molar-refractivity contribution in [2.24, 2.45) is 5.92 Å². The highest BCUT2D eigenvalue weighted by Crippen LogP contribution is 2.20. The summed E-state index contributed by atoms with van der Waals surface area (Å²) in [5, 5.41) is 9.78. The largest absolute Gasteiger partial charge is 0.465 e. The van der Waals surface area contributed by atoms with Crippen molar-refractivity contribution in [2.75, 3.05) is 13.1 Å². The lowest BCUT2D eigenvalue weighted by molar-refractivity contribution is 0.116. The Morgan fingerprint density at radius 1 is 1.46 bits per heavy atom. The van der Waals surface area contributed by atoms with Crippen molar-refractivity contribution in [1.82, 2.24) is 14.5 Å². The van der Waals surface area contributed by atoms with Gasteiger partial charge in [0.15, 0.2) is 0 Å². The topological polar surface area (TPSA) is 75.4 Å². The summed E-state index contributed by atoms with van der Waals surface area (Å²) in [6.07, 6.45) is 1.54. The zero-order valence-electron chi connectivity index (χ0n) is 13.5. The van der Waals surface area contributed by atoms with E-state index in [2.05, 4.69) is 20.9 Å². The molecule has 1 aliphatic heterocycles. The molecule has 0 unspecified atom stereocenters. The van der Waals surface area contributed by atoms with Gasteiger partial charge in [-0.25, -0.2) is 9.78 Å². The van der Waals surface area contributed by atoms with E-state index >= 15 is 0 Å². The zero-order valence-corrected chi connectivity index (χ0v) is 15.1. The van der Waals surface area contributed by atoms with Crippen LogP contribution in [0.3, 0.4) is 0 Å². The molecule has 3 rings (SSSR count). The predicted molar refractivity (Wildman–Crippen MR) is 95.4 cm³/mol. The zero-order chi connectivity index (χ0) is 17.3. The lowest BCUT2D eigenvalue weighted by Gasteiger charge is -2.31. The van der Waals surface area contributed by atoms with Crippen molar-refractivity contribution in [2.45, 2.75) is 32.7 Å². The summed E-state index contributed by atoms with van der Waals surface area (Å²) in [6, 6.07) is 5.52. The minimum Gasteiger partial charge on any atom is -0.465 e. The SMILES string of the molecule is CCc1nc2ccc(Br)cc2c(=O)n1C[C@@H]1CCCN(C(=O)O)C1. The van der Waals surface area contributed by atoms with Crippen molar-refractivity contribution in [1.29, 1.82) is 0 Å². The minimum absolute atomic E-state index is 0.0504. The molecule has 1 amide bonds. The first kappa shape index (κ1) is 17.0. The Bertz CT molecular complexity index is 834. The van der Waals surface area contributed by atoms with Crippen molar-refractivity contribution in [3.05, 3.63) is 38.9 Å². The Morgan fingerprint density at radius 3 is 2.96 bits per heavy atom. The van der Waals surface area contributed by atoms with Crippen molar-refractivity contribution in [3.8, 4) is 0 Å². The molecule has 0 spiro atoms. The number of aromatic nitrogens is 2. The second kappa shape index (κ2) is 6.93. The molecule has 2 heterocycles. The molecular weight excluding hydrogens is 374 g/mol. The van der Waals surface area contributed by atoms with E-state index < -0.39 is 6.09 Å². The number of carboxylic acid groups (broad SMARTS) is 1. The first-order valence-electron chi connectivity index (χ1n) is 8.16. The Balaban J connectivity index is 1.97. The van der Waals surface area contributed by atoms with Crippen LogP contribution in [0.2, 0.25) is 0 Å². The highest BCUT2D eigenvalue weighted by atomic mass is 79.9. The second-order valence-electron chi connectivity index (χ2n) is 6.20. The van der Waals surface area contributed by atoms with Crippen LogP contribution < -0.4 is 5.56 Å². The van der Waals surface area contributed by atoms with Gasteiger partial charge in [0.1, 0.15) is 5.82 Å². The number of carbonyl (C=O) groups is 1. The molecule has 1 aliphatic rings. The molecule has 1 N–H and O–H groups in total. The quantitative estimate of drug-likeness (QED) is 0.868. The summed E-state index contributed by atoms with van der Waals surface area (Å²) in [5.74, 6) is 0.895. The van der Waals surface area contributed by atoms with Crippen LogP contribution in [-0.4, -0.2) is 38.7 Å². The molecule has 1 atom stereocenters. The van der Waals surface area contributed by atoms with Gasteiger partial charge in [-0.05, 0) is 37.0 Å². The third kappa shape index (κ3) is 3.31. The molecule has 7 heteroatoms. The maximum absolute atomic E-state index is 12.9. The predicted octanol–water partition coefficient (Wildman–Crippen LogP) is 3.11. The van der Waals surface area contributed by atoms with E-state index in [1.807, 2.05) is 19.1 Å². The molecule has 0 radical (unpaired) electrons. The number of fused-ring (bicyclic) bond motifs is 1. The summed E-state index contributed by atoms with van der Waals surface area (Å²) in [4.78, 5) is 30.2. The fourth-order valence-electron chi connectivity index (χ4n) is 3.34. The Labute approximate surface area is 148 Å². The maximum atomic E-state index is 12.9. The van der Waals surface area contributed by atoms with Crippen LogP contribution in [-0.2, 0) is 13.0 Å². The molecular formula is C17H20BrN3O3. The molecule has 0 bridgehead atoms. The number of aryl methyl sites for hydroxylation is 1. The van der Waals surface area contributed by atoms with Crippen molar-refractivity contribution >= 4 is 32.9 Å². The van der Waals surface area contributed by atoms with Crippen LogP contribution in [0.25, 0.3) is 10.9 Å². The van der Waals surface area contributed by atoms with Crippen LogP contribution >= 0.6 is 15.9 Å². The Morgan fingerprint density at radius 2 is 2.25 bits per heavy atom. The molecule has 0 saturated carbocycles. The van der Waals surface area contributed by atoms with Gasteiger partial charge in [-0.3, -0.25) is 9.36 Å². The van der Waals surface area contributed by atoms with Gasteiger partial charge < -0.3 is 10.0 Å². The van der Waals surface area contributed by atoms with E-state index in [0.29, 0.717) is 37.0 Å². The van der Waals surface area contributed by atoms with Crippen LogP contribution in [0.5, 0.6) is 0 Å². The van der Waals surface area contributed by atoms with E-state index in [1.165, 1.54) is 4.90 Å². The van der Waals surface area contributed by atoms with Gasteiger partial charge in [-0.1, -0.05) is 22.9 Å². The summed E-state index contributed by atoms with van der Waals surface area (Å²) in [5.41, 5.74) is 0.651. The third-order valence-electron chi connectivity index (χ3n) is 4.54. The molecule has 6 nitrogen and oxygen atoms in total. The maximum Gasteiger partial charge on any atom is 0.407 e. The summed E-state index contributed by atoms with van der Waals surface area (Å²) < 4.78 is 2.57. The number of amides is 1. The van der Waals surface area contributed by atoms with Gasteiger partial charge in [-0.2, -0.15) is 0 Å². The van der Waals surface area contributed by atoms with Crippen LogP contribution in [0.4, 0.5) is 4.79 Å². The molecule has 1 aromatic carbocycles. The lowest BCUT2D eigenvalue weighted by atomic mass is 9.98. The van der Waals surface area contributed by atoms with Gasteiger partial charge in [0, 0.05) is 30.5 Å². The van der Waals surface area contributed by atoms with Gasteiger partial charge in [0.05, 0.1) is 10.9 Å². The first-order valence-corrected chi connectivity index (χ1v) is 8.95. The van der Waals surface area contributed by atoms with E-state index in [4.69, 9.17) is 0 Å². The highest BCUT2D eigenvalue weighted by Gasteiger charge is 2.24. The number of nitrogens with zero attached hydrogens (tertiary/aromatic N) is 3. The van der Waals surface area contributed by atoms with Gasteiger partial charge >= 0.3 is 6.09 Å². The molecule has 128 valence electrons. The number of benzene rings is 1. The number of halogens is 1. The fourth-order valence-corrected chi connectivity index (χ4v) is 3.70. The fraction of sp³-hybridized carbons (Fsp3) is 0.471. The highest BCUT2D eigenvalue weighted by molar-refractivity contribution is 9.10. The minimum atomic E-state index is -0.886. The monoisotopic (exact) mass is 393 g/mol. The van der Waals surface area contributed by atoms with Gasteiger partial charge in [-0.15, -0.1) is 0 Å². The van der Waals surface area contributed by atoms with E-state index in [0.717, 1.165) is 23.1 Å². The number of rotatable bonds is 3. The van der Waals surface area contributed by atoms with Crippen molar-refractivity contribution < 1.29 is 9.90 Å². The van der Waals surface area contributed by atoms with Crippen molar-refractivity contribution in [3.63, 3.8) is 0 Å². The average Bonchev–Trinajstić information content (AvgIpc) is 2.58. The standard InChI is InChI=1S/C17H20BrN3O3/c1-2-15-19-14-6-5-12(18)8-13(14)16(22)21(15)10-11-4-3-7-20(9-11)17(23)24/h5-6,8,11H,2-4,7,9-10H2,1H3,(H,23,24)/t11-/m1/s1. The number of hydrogen-bond acceptors (Lipinski definition) is 3. The Hall–Kier alpha value is -1.89. The second-order valence-corrected chi connectivity index (χ2v) is 7.11. The Kier molecular flexibility index (Phi) is 4.89. The van der Waals surface area contributed by atoms with E-state index in [1.54, 1.807) is 10.6 Å². The molecule has 2 aromatic rings. The van der Waals surface area contributed by atoms with Gasteiger partial charge in [0.25, 0.3) is 5.56 Å². The van der Waals surface area contributed by atoms with E-state index in [-0.39, 0.29) is 11.5 Å². The normalized spacial score (nSPS) is 18.1. The summed E-state index contributed by atoms with van der Waals surface area (Å²) >= 11 is 3.40. The number of piperidine rings is 1. The lowest BCUT2D eigenvalue weighted by Crippen LogP contribution is -2.41. The smallest absolute Gasteiger partial charge is 0.407 e. The van der Waals surface area contributed by atoms with Crippen LogP contribution in [0, 0.1) is 5.92 Å². The van der Waals surface area contributed by atoms with E-state index in [9.17, 15) is 14.7 Å². The van der Waals surface area contributed by atoms with Crippen LogP contribution in [0.15, 0.2) is 27.5 Å². The first-order chi connectivity index (χ1) is 11.5. The number of likely N-dealkylation sites (tertiary alicyclic amines) is 1.